The Hall–Kier alpha value is -2.44. The van der Waals surface area contributed by atoms with Gasteiger partial charge in [-0.05, 0) is 32.9 Å². The average Bonchev–Trinajstić information content (AvgIpc) is 2.42. The molecule has 7 nitrogen and oxygen atoms in total. The molecule has 0 aromatic carbocycles. The first-order chi connectivity index (χ1) is 10.3. The predicted molar refractivity (Wildman–Crippen MR) is 78.4 cm³/mol. The van der Waals surface area contributed by atoms with E-state index in [0.29, 0.717) is 12.1 Å². The first kappa shape index (κ1) is 15.9. The van der Waals surface area contributed by atoms with Crippen molar-refractivity contribution in [3.63, 3.8) is 0 Å². The van der Waals surface area contributed by atoms with Crippen molar-refractivity contribution in [2.24, 2.45) is 0 Å². The lowest BCUT2D eigenvalue weighted by Crippen LogP contribution is -2.58. The first-order valence-electron chi connectivity index (χ1n) is 7.06. The minimum Gasteiger partial charge on any atom is -0.480 e. The van der Waals surface area contributed by atoms with Crippen molar-refractivity contribution in [1.29, 1.82) is 0 Å². The summed E-state index contributed by atoms with van der Waals surface area (Å²) >= 11 is 0. The molecule has 1 fully saturated rings. The van der Waals surface area contributed by atoms with Crippen molar-refractivity contribution < 1.29 is 19.5 Å². The van der Waals surface area contributed by atoms with Crippen LogP contribution in [0.2, 0.25) is 0 Å². The number of hydrogen-bond donors (Lipinski definition) is 1. The quantitative estimate of drug-likeness (QED) is 0.876. The van der Waals surface area contributed by atoms with Crippen molar-refractivity contribution in [3.8, 4) is 0 Å². The number of rotatable bonds is 3. The number of aliphatic carboxylic acids is 1. The lowest BCUT2D eigenvalue weighted by molar-refractivity contribution is -0.148. The minimum atomic E-state index is -1.05. The van der Waals surface area contributed by atoms with E-state index in [0.717, 1.165) is 11.4 Å². The van der Waals surface area contributed by atoms with E-state index in [9.17, 15) is 14.4 Å². The number of piperazine rings is 1. The molecular weight excluding hydrogens is 286 g/mol. The molecule has 2 amide bonds. The highest BCUT2D eigenvalue weighted by Gasteiger charge is 2.35. The molecule has 0 radical (unpaired) electrons. The van der Waals surface area contributed by atoms with E-state index in [2.05, 4.69) is 4.98 Å². The molecule has 1 N–H and O–H groups in total. The molecule has 2 rings (SSSR count). The fourth-order valence-corrected chi connectivity index (χ4v) is 2.65. The third-order valence-electron chi connectivity index (χ3n) is 3.66. The van der Waals surface area contributed by atoms with E-state index in [1.807, 2.05) is 13.8 Å². The van der Waals surface area contributed by atoms with Crippen LogP contribution < -0.4 is 0 Å². The zero-order valence-corrected chi connectivity index (χ0v) is 12.9. The lowest BCUT2D eigenvalue weighted by atomic mass is 10.1. The molecule has 0 saturated carbocycles. The van der Waals surface area contributed by atoms with Crippen LogP contribution in [0.1, 0.15) is 28.7 Å². The molecule has 0 spiro atoms. The van der Waals surface area contributed by atoms with Gasteiger partial charge in [0.25, 0.3) is 5.91 Å². The summed E-state index contributed by atoms with van der Waals surface area (Å²) < 4.78 is 0. The molecule has 1 aliphatic rings. The van der Waals surface area contributed by atoms with Crippen LogP contribution in [-0.2, 0) is 9.59 Å². The normalized spacial score (nSPS) is 18.5. The van der Waals surface area contributed by atoms with Gasteiger partial charge in [-0.3, -0.25) is 19.4 Å². The number of amides is 2. The van der Waals surface area contributed by atoms with Gasteiger partial charge in [-0.25, -0.2) is 0 Å². The van der Waals surface area contributed by atoms with Gasteiger partial charge in [-0.15, -0.1) is 0 Å². The van der Waals surface area contributed by atoms with Crippen LogP contribution in [0.15, 0.2) is 12.1 Å². The second kappa shape index (κ2) is 6.13. The molecule has 1 saturated heterocycles. The fourth-order valence-electron chi connectivity index (χ4n) is 2.65. The monoisotopic (exact) mass is 305 g/mol. The topological polar surface area (TPSA) is 90.8 Å². The summed E-state index contributed by atoms with van der Waals surface area (Å²) in [6.45, 7) is 5.45. The van der Waals surface area contributed by atoms with Gasteiger partial charge in [0.05, 0.1) is 0 Å². The van der Waals surface area contributed by atoms with Crippen molar-refractivity contribution in [2.75, 3.05) is 19.6 Å². The minimum absolute atomic E-state index is 0.226. The van der Waals surface area contributed by atoms with E-state index in [1.54, 1.807) is 19.1 Å². The Morgan fingerprint density at radius 1 is 1.27 bits per heavy atom. The van der Waals surface area contributed by atoms with Gasteiger partial charge in [0.1, 0.15) is 12.6 Å². The summed E-state index contributed by atoms with van der Waals surface area (Å²) in [4.78, 5) is 42.5. The number of carbonyl (C=O) groups excluding carboxylic acids is 2. The Labute approximate surface area is 128 Å². The van der Waals surface area contributed by atoms with Crippen LogP contribution in [0.3, 0.4) is 0 Å². The van der Waals surface area contributed by atoms with Gasteiger partial charge in [0, 0.05) is 30.0 Å². The molecule has 7 heteroatoms. The van der Waals surface area contributed by atoms with Crippen molar-refractivity contribution in [1.82, 2.24) is 14.8 Å². The fraction of sp³-hybridized carbons (Fsp3) is 0.467. The third kappa shape index (κ3) is 3.24. The summed E-state index contributed by atoms with van der Waals surface area (Å²) in [6, 6.07) is 2.71. The number of pyridine rings is 1. The third-order valence-corrected chi connectivity index (χ3v) is 3.66. The highest BCUT2D eigenvalue weighted by Crippen LogP contribution is 2.16. The van der Waals surface area contributed by atoms with Gasteiger partial charge in [0.2, 0.25) is 5.91 Å². The molecule has 0 unspecified atom stereocenters. The highest BCUT2D eigenvalue weighted by molar-refractivity contribution is 5.98. The largest absolute Gasteiger partial charge is 0.480 e. The standard InChI is InChI=1S/C15H19N3O4/c1-9-6-12(7-10(2)16-9)15(22)18-5-4-17(8-13(19)20)14(21)11(18)3/h6-7,11H,4-5,8H2,1-3H3,(H,19,20)/t11-/m0/s1. The highest BCUT2D eigenvalue weighted by atomic mass is 16.4. The van der Waals surface area contributed by atoms with Crippen molar-refractivity contribution >= 4 is 17.8 Å². The Kier molecular flexibility index (Phi) is 4.44. The van der Waals surface area contributed by atoms with Crippen LogP contribution in [0.4, 0.5) is 0 Å². The van der Waals surface area contributed by atoms with Crippen molar-refractivity contribution in [3.05, 3.63) is 29.1 Å². The number of hydrogen-bond acceptors (Lipinski definition) is 4. The molecule has 2 heterocycles. The van der Waals surface area contributed by atoms with Crippen LogP contribution in [-0.4, -0.2) is 63.4 Å². The average molecular weight is 305 g/mol. The Balaban J connectivity index is 2.18. The maximum absolute atomic E-state index is 12.6. The molecule has 0 aliphatic carbocycles. The number of aromatic nitrogens is 1. The molecule has 1 atom stereocenters. The molecule has 0 bridgehead atoms. The molecule has 1 aliphatic heterocycles. The molecule has 118 valence electrons. The molecular formula is C15H19N3O4. The summed E-state index contributed by atoms with van der Waals surface area (Å²) in [7, 11) is 0. The predicted octanol–water partition coefficient (Wildman–Crippen LogP) is 0.456. The Morgan fingerprint density at radius 2 is 1.86 bits per heavy atom. The Bertz CT molecular complexity index is 609. The van der Waals surface area contributed by atoms with Crippen LogP contribution in [0, 0.1) is 13.8 Å². The number of nitrogens with zero attached hydrogens (tertiary/aromatic N) is 3. The van der Waals surface area contributed by atoms with Gasteiger partial charge in [0.15, 0.2) is 0 Å². The first-order valence-corrected chi connectivity index (χ1v) is 7.06. The van der Waals surface area contributed by atoms with E-state index < -0.39 is 12.0 Å². The Morgan fingerprint density at radius 3 is 2.41 bits per heavy atom. The molecule has 22 heavy (non-hydrogen) atoms. The zero-order valence-electron chi connectivity index (χ0n) is 12.9. The van der Waals surface area contributed by atoms with Crippen LogP contribution >= 0.6 is 0 Å². The molecule has 1 aromatic heterocycles. The number of carboxylic acid groups (broad SMARTS) is 1. The van der Waals surface area contributed by atoms with Crippen LogP contribution in [0.5, 0.6) is 0 Å². The van der Waals surface area contributed by atoms with Gasteiger partial charge < -0.3 is 14.9 Å². The summed E-state index contributed by atoms with van der Waals surface area (Å²) in [5, 5.41) is 8.80. The van der Waals surface area contributed by atoms with Crippen molar-refractivity contribution in [2.45, 2.75) is 26.8 Å². The number of aryl methyl sites for hydroxylation is 2. The number of carbonyl (C=O) groups is 3. The smallest absolute Gasteiger partial charge is 0.323 e. The maximum atomic E-state index is 12.6. The van der Waals surface area contributed by atoms with Gasteiger partial charge in [-0.1, -0.05) is 0 Å². The number of carboxylic acids is 1. The lowest BCUT2D eigenvalue weighted by Gasteiger charge is -2.38. The van der Waals surface area contributed by atoms with Crippen LogP contribution in [0.25, 0.3) is 0 Å². The summed E-state index contributed by atoms with van der Waals surface area (Å²) in [5.74, 6) is -1.63. The SMILES string of the molecule is Cc1cc(C(=O)N2CCN(CC(=O)O)C(=O)[C@@H]2C)cc(C)n1. The molecule has 1 aromatic rings. The maximum Gasteiger partial charge on any atom is 0.323 e. The van der Waals surface area contributed by atoms with Gasteiger partial charge in [-0.2, -0.15) is 0 Å². The second-order valence-corrected chi connectivity index (χ2v) is 5.47. The summed E-state index contributed by atoms with van der Waals surface area (Å²) in [5.41, 5.74) is 1.98. The summed E-state index contributed by atoms with van der Waals surface area (Å²) in [6.07, 6.45) is 0. The zero-order chi connectivity index (χ0) is 16.4. The van der Waals surface area contributed by atoms with E-state index in [4.69, 9.17) is 5.11 Å². The van der Waals surface area contributed by atoms with Gasteiger partial charge >= 0.3 is 5.97 Å². The second-order valence-electron chi connectivity index (χ2n) is 5.47. The van der Waals surface area contributed by atoms with E-state index in [1.165, 1.54) is 9.80 Å². The van der Waals surface area contributed by atoms with E-state index >= 15 is 0 Å². The van der Waals surface area contributed by atoms with E-state index in [-0.39, 0.29) is 24.9 Å².